The number of pyridine rings is 2. The number of aromatic nitrogens is 2. The average molecular weight is 383 g/mol. The van der Waals surface area contributed by atoms with Gasteiger partial charge in [-0.2, -0.15) is 0 Å². The molecule has 1 unspecified atom stereocenters. The van der Waals surface area contributed by atoms with Gasteiger partial charge >= 0.3 is 0 Å². The molecule has 1 atom stereocenters. The molecule has 0 amide bonds. The second-order valence-corrected chi connectivity index (χ2v) is 7.70. The van der Waals surface area contributed by atoms with Gasteiger partial charge in [0.25, 0.3) is 0 Å². The van der Waals surface area contributed by atoms with Gasteiger partial charge in [0.05, 0.1) is 6.04 Å². The molecule has 2 heterocycles. The Morgan fingerprint density at radius 3 is 2.34 bits per heavy atom. The summed E-state index contributed by atoms with van der Waals surface area (Å²) in [4.78, 5) is 8.84. The van der Waals surface area contributed by atoms with Crippen LogP contribution < -0.4 is 5.32 Å². The number of phenolic OH excluding ortho intramolecular Hbond substituents is 1. The van der Waals surface area contributed by atoms with Crippen LogP contribution in [0.3, 0.4) is 0 Å². The molecule has 0 fully saturated rings. The minimum Gasteiger partial charge on any atom is -0.505 e. The summed E-state index contributed by atoms with van der Waals surface area (Å²) in [5, 5.41) is 15.5. The largest absolute Gasteiger partial charge is 0.505 e. The first-order chi connectivity index (χ1) is 14.0. The first-order valence-corrected chi connectivity index (χ1v) is 9.88. The predicted molar refractivity (Wildman–Crippen MR) is 118 cm³/mol. The smallest absolute Gasteiger partial charge is 0.147 e. The molecule has 4 nitrogen and oxygen atoms in total. The number of aromatic hydroxyl groups is 1. The number of hydrogen-bond donors (Lipinski definition) is 2. The third-order valence-electron chi connectivity index (χ3n) is 5.23. The molecule has 0 spiro atoms. The van der Waals surface area contributed by atoms with Crippen LogP contribution in [0.2, 0.25) is 0 Å². The van der Waals surface area contributed by atoms with Crippen molar-refractivity contribution in [2.75, 3.05) is 5.32 Å². The van der Waals surface area contributed by atoms with Crippen molar-refractivity contribution >= 4 is 16.7 Å². The molecular formula is C25H25N3O. The molecule has 0 aliphatic heterocycles. The van der Waals surface area contributed by atoms with Crippen molar-refractivity contribution in [1.82, 2.24) is 9.97 Å². The lowest BCUT2D eigenvalue weighted by molar-refractivity contribution is 0.471. The third kappa shape index (κ3) is 3.92. The van der Waals surface area contributed by atoms with Gasteiger partial charge in [-0.15, -0.1) is 0 Å². The highest BCUT2D eigenvalue weighted by Gasteiger charge is 2.20. The second-order valence-electron chi connectivity index (χ2n) is 7.70. The zero-order valence-corrected chi connectivity index (χ0v) is 16.9. The molecular weight excluding hydrogens is 358 g/mol. The molecule has 29 heavy (non-hydrogen) atoms. The zero-order chi connectivity index (χ0) is 20.4. The number of nitrogens with zero attached hydrogens (tertiary/aromatic N) is 2. The van der Waals surface area contributed by atoms with Gasteiger partial charge in [0, 0.05) is 23.3 Å². The van der Waals surface area contributed by atoms with E-state index in [9.17, 15) is 5.11 Å². The normalized spacial score (nSPS) is 12.3. The van der Waals surface area contributed by atoms with Crippen LogP contribution in [-0.2, 0) is 0 Å². The Bertz CT molecular complexity index is 1140. The summed E-state index contributed by atoms with van der Waals surface area (Å²) in [5.41, 5.74) is 4.85. The Balaban J connectivity index is 1.82. The van der Waals surface area contributed by atoms with Crippen LogP contribution in [0.15, 0.2) is 73.1 Å². The van der Waals surface area contributed by atoms with Crippen molar-refractivity contribution in [2.24, 2.45) is 0 Å². The fraction of sp³-hybridized carbons (Fsp3) is 0.200. The molecule has 2 N–H and O–H groups in total. The number of phenols is 1. The fourth-order valence-electron chi connectivity index (χ4n) is 3.56. The van der Waals surface area contributed by atoms with Crippen LogP contribution >= 0.6 is 0 Å². The molecule has 0 aliphatic rings. The molecule has 0 radical (unpaired) electrons. The summed E-state index contributed by atoms with van der Waals surface area (Å²) in [6, 6.07) is 20.0. The van der Waals surface area contributed by atoms with E-state index < -0.39 is 0 Å². The van der Waals surface area contributed by atoms with Crippen molar-refractivity contribution in [2.45, 2.75) is 32.7 Å². The van der Waals surface area contributed by atoms with E-state index in [-0.39, 0.29) is 11.8 Å². The van der Waals surface area contributed by atoms with Crippen LogP contribution in [0.4, 0.5) is 5.82 Å². The average Bonchev–Trinajstić information content (AvgIpc) is 2.73. The first-order valence-electron chi connectivity index (χ1n) is 9.88. The van der Waals surface area contributed by atoms with Gasteiger partial charge in [-0.1, -0.05) is 56.3 Å². The van der Waals surface area contributed by atoms with Gasteiger partial charge in [-0.3, -0.25) is 4.98 Å². The first kappa shape index (κ1) is 18.9. The number of fused-ring (bicyclic) bond motifs is 1. The van der Waals surface area contributed by atoms with Crippen LogP contribution in [0.1, 0.15) is 48.1 Å². The summed E-state index contributed by atoms with van der Waals surface area (Å²) in [5.74, 6) is 1.43. The van der Waals surface area contributed by atoms with Crippen LogP contribution in [-0.4, -0.2) is 15.1 Å². The van der Waals surface area contributed by atoms with Crippen molar-refractivity contribution < 1.29 is 5.11 Å². The minimum atomic E-state index is -0.253. The van der Waals surface area contributed by atoms with E-state index in [0.717, 1.165) is 27.9 Å². The minimum absolute atomic E-state index is 0.196. The van der Waals surface area contributed by atoms with E-state index in [2.05, 4.69) is 53.4 Å². The van der Waals surface area contributed by atoms with Crippen LogP contribution in [0.5, 0.6) is 5.75 Å². The van der Waals surface area contributed by atoms with Gasteiger partial charge in [0.2, 0.25) is 0 Å². The standard InChI is InChI=1S/C25H25N3O/c1-16(2)18-6-8-20(9-7-18)23(28-22-15-17(3)12-14-26-22)21-11-10-19-5-4-13-27-24(19)25(21)29/h4-16,23,29H,1-3H3,(H,26,28). The van der Waals surface area contributed by atoms with E-state index >= 15 is 0 Å². The summed E-state index contributed by atoms with van der Waals surface area (Å²) in [6.45, 7) is 6.40. The van der Waals surface area contributed by atoms with Gasteiger partial charge in [0.1, 0.15) is 17.1 Å². The summed E-state index contributed by atoms with van der Waals surface area (Å²) >= 11 is 0. The Morgan fingerprint density at radius 2 is 1.62 bits per heavy atom. The highest BCUT2D eigenvalue weighted by molar-refractivity contribution is 5.86. The van der Waals surface area contributed by atoms with E-state index in [1.165, 1.54) is 5.56 Å². The maximum absolute atomic E-state index is 11.0. The lowest BCUT2D eigenvalue weighted by Gasteiger charge is -2.22. The molecule has 0 aliphatic carbocycles. The monoisotopic (exact) mass is 383 g/mol. The van der Waals surface area contributed by atoms with Crippen molar-refractivity contribution in [3.8, 4) is 5.75 Å². The second kappa shape index (κ2) is 7.92. The fourth-order valence-corrected chi connectivity index (χ4v) is 3.56. The number of rotatable bonds is 5. The molecule has 0 saturated carbocycles. The van der Waals surface area contributed by atoms with Gasteiger partial charge in [-0.25, -0.2) is 4.98 Å². The topological polar surface area (TPSA) is 58.0 Å². The number of hydrogen-bond acceptors (Lipinski definition) is 4. The van der Waals surface area contributed by atoms with Crippen LogP contribution in [0.25, 0.3) is 10.9 Å². The lowest BCUT2D eigenvalue weighted by atomic mass is 9.93. The van der Waals surface area contributed by atoms with Gasteiger partial charge < -0.3 is 10.4 Å². The highest BCUT2D eigenvalue weighted by atomic mass is 16.3. The van der Waals surface area contributed by atoms with Crippen LogP contribution in [0, 0.1) is 6.92 Å². The quantitative estimate of drug-likeness (QED) is 0.446. The molecule has 0 saturated heterocycles. The van der Waals surface area contributed by atoms with E-state index in [0.29, 0.717) is 11.4 Å². The molecule has 4 heteroatoms. The maximum atomic E-state index is 11.0. The number of anilines is 1. The Morgan fingerprint density at radius 1 is 0.862 bits per heavy atom. The van der Waals surface area contributed by atoms with E-state index in [1.54, 1.807) is 12.4 Å². The van der Waals surface area contributed by atoms with Crippen molar-refractivity contribution in [3.63, 3.8) is 0 Å². The molecule has 4 aromatic rings. The Labute approximate surface area is 171 Å². The zero-order valence-electron chi connectivity index (χ0n) is 16.9. The molecule has 146 valence electrons. The van der Waals surface area contributed by atoms with Crippen molar-refractivity contribution in [1.29, 1.82) is 0 Å². The molecule has 0 bridgehead atoms. The summed E-state index contributed by atoms with van der Waals surface area (Å²) < 4.78 is 0. The molecule has 2 aromatic heterocycles. The SMILES string of the molecule is Cc1ccnc(NC(c2ccc(C(C)C)cc2)c2ccc3cccnc3c2O)c1. The number of aryl methyl sites for hydroxylation is 1. The highest BCUT2D eigenvalue weighted by Crippen LogP contribution is 2.36. The maximum Gasteiger partial charge on any atom is 0.147 e. The summed E-state index contributed by atoms with van der Waals surface area (Å²) in [6.07, 6.45) is 3.49. The molecule has 2 aromatic carbocycles. The Hall–Kier alpha value is -3.40. The third-order valence-corrected chi connectivity index (χ3v) is 5.23. The van der Waals surface area contributed by atoms with Gasteiger partial charge in [-0.05, 0) is 47.7 Å². The Kier molecular flexibility index (Phi) is 5.17. The number of nitrogens with one attached hydrogen (secondary N) is 1. The van der Waals surface area contributed by atoms with E-state index in [4.69, 9.17) is 0 Å². The van der Waals surface area contributed by atoms with E-state index in [1.807, 2.05) is 43.3 Å². The summed E-state index contributed by atoms with van der Waals surface area (Å²) in [7, 11) is 0. The molecule has 4 rings (SSSR count). The van der Waals surface area contributed by atoms with Crippen molar-refractivity contribution in [3.05, 3.63) is 95.3 Å². The van der Waals surface area contributed by atoms with Gasteiger partial charge in [0.15, 0.2) is 0 Å². The predicted octanol–water partition coefficient (Wildman–Crippen LogP) is 5.97. The number of benzene rings is 2. The lowest BCUT2D eigenvalue weighted by Crippen LogP contribution is -2.14.